The highest BCUT2D eigenvalue weighted by Crippen LogP contribution is 2.31. The Balaban J connectivity index is 2.04. The lowest BCUT2D eigenvalue weighted by Gasteiger charge is -2.03. The van der Waals surface area contributed by atoms with Crippen molar-refractivity contribution in [3.63, 3.8) is 0 Å². The molecule has 5 nitrogen and oxygen atoms in total. The van der Waals surface area contributed by atoms with Crippen LogP contribution in [-0.4, -0.2) is 19.9 Å². The SMILES string of the molecule is Nc1nc(Sc2ccc(F)c(F)c2)c2[nH]cnc2n1. The van der Waals surface area contributed by atoms with Crippen LogP contribution in [0.4, 0.5) is 14.7 Å². The molecule has 1 aromatic carbocycles. The van der Waals surface area contributed by atoms with Crippen LogP contribution in [0, 0.1) is 11.6 Å². The van der Waals surface area contributed by atoms with Crippen LogP contribution in [0.2, 0.25) is 0 Å². The Bertz CT molecular complexity index is 758. The second kappa shape index (κ2) is 4.47. The van der Waals surface area contributed by atoms with Crippen LogP contribution >= 0.6 is 11.8 Å². The smallest absolute Gasteiger partial charge is 0.223 e. The zero-order valence-electron chi connectivity index (χ0n) is 9.39. The highest BCUT2D eigenvalue weighted by atomic mass is 32.2. The number of halogens is 2. The molecule has 0 saturated carbocycles. The van der Waals surface area contributed by atoms with Crippen molar-refractivity contribution in [2.45, 2.75) is 9.92 Å². The van der Waals surface area contributed by atoms with Gasteiger partial charge in [0.25, 0.3) is 0 Å². The Morgan fingerprint density at radius 3 is 2.79 bits per heavy atom. The summed E-state index contributed by atoms with van der Waals surface area (Å²) < 4.78 is 26.0. The molecular weight excluding hydrogens is 272 g/mol. The number of aromatic nitrogens is 4. The highest BCUT2D eigenvalue weighted by Gasteiger charge is 2.11. The maximum absolute atomic E-state index is 13.1. The fraction of sp³-hybridized carbons (Fsp3) is 0. The van der Waals surface area contributed by atoms with Gasteiger partial charge < -0.3 is 10.7 Å². The summed E-state index contributed by atoms with van der Waals surface area (Å²) in [5, 5.41) is 0.506. The highest BCUT2D eigenvalue weighted by molar-refractivity contribution is 7.99. The summed E-state index contributed by atoms with van der Waals surface area (Å²) in [5.41, 5.74) is 6.60. The summed E-state index contributed by atoms with van der Waals surface area (Å²) in [6.07, 6.45) is 1.47. The maximum atomic E-state index is 13.1. The van der Waals surface area contributed by atoms with E-state index in [-0.39, 0.29) is 5.95 Å². The number of hydrogen-bond donors (Lipinski definition) is 2. The first-order valence-corrected chi connectivity index (χ1v) is 6.04. The third-order valence-electron chi connectivity index (χ3n) is 2.38. The van der Waals surface area contributed by atoms with Gasteiger partial charge in [-0.05, 0) is 18.2 Å². The summed E-state index contributed by atoms with van der Waals surface area (Å²) >= 11 is 1.15. The number of hydrogen-bond acceptors (Lipinski definition) is 5. The number of benzene rings is 1. The third-order valence-corrected chi connectivity index (χ3v) is 3.35. The average molecular weight is 279 g/mol. The molecule has 0 atom stereocenters. The van der Waals surface area contributed by atoms with Gasteiger partial charge in [-0.2, -0.15) is 4.98 Å². The summed E-state index contributed by atoms with van der Waals surface area (Å²) in [7, 11) is 0. The molecular formula is C11H7F2N5S. The molecule has 2 aromatic heterocycles. The van der Waals surface area contributed by atoms with E-state index in [9.17, 15) is 8.78 Å². The molecule has 0 saturated heterocycles. The zero-order chi connectivity index (χ0) is 13.4. The lowest BCUT2D eigenvalue weighted by atomic mass is 10.3. The molecule has 0 unspecified atom stereocenters. The van der Waals surface area contributed by atoms with Gasteiger partial charge in [0.15, 0.2) is 17.3 Å². The van der Waals surface area contributed by atoms with Gasteiger partial charge in [0, 0.05) is 4.90 Å². The van der Waals surface area contributed by atoms with Crippen molar-refractivity contribution in [3.8, 4) is 0 Å². The Morgan fingerprint density at radius 2 is 2.00 bits per heavy atom. The number of imidazole rings is 1. The minimum absolute atomic E-state index is 0.0738. The van der Waals surface area contributed by atoms with Crippen molar-refractivity contribution in [3.05, 3.63) is 36.2 Å². The molecule has 8 heteroatoms. The standard InChI is InChI=1S/C11H7F2N5S/c12-6-2-1-5(3-7(6)13)19-10-8-9(16-4-15-8)17-11(14)18-10/h1-4H,(H3,14,15,16,17,18). The molecule has 0 spiro atoms. The van der Waals surface area contributed by atoms with Crippen LogP contribution < -0.4 is 5.73 Å². The number of nitrogens with two attached hydrogens (primary N) is 1. The molecule has 96 valence electrons. The monoisotopic (exact) mass is 279 g/mol. The van der Waals surface area contributed by atoms with Gasteiger partial charge in [-0.15, -0.1) is 0 Å². The Kier molecular flexibility index (Phi) is 2.79. The Morgan fingerprint density at radius 1 is 1.16 bits per heavy atom. The second-order valence-electron chi connectivity index (χ2n) is 3.67. The van der Waals surface area contributed by atoms with Crippen LogP contribution in [0.25, 0.3) is 11.2 Å². The van der Waals surface area contributed by atoms with Crippen LogP contribution in [0.5, 0.6) is 0 Å². The average Bonchev–Trinajstić information content (AvgIpc) is 2.82. The van der Waals surface area contributed by atoms with E-state index in [0.717, 1.165) is 23.9 Å². The largest absolute Gasteiger partial charge is 0.368 e. The van der Waals surface area contributed by atoms with Crippen molar-refractivity contribution in [2.24, 2.45) is 0 Å². The van der Waals surface area contributed by atoms with Crippen molar-refractivity contribution >= 4 is 28.9 Å². The lowest BCUT2D eigenvalue weighted by molar-refractivity contribution is 0.506. The third kappa shape index (κ3) is 2.22. The number of nitrogens with zero attached hydrogens (tertiary/aromatic N) is 3. The van der Waals surface area contributed by atoms with Crippen LogP contribution in [0.1, 0.15) is 0 Å². The van der Waals surface area contributed by atoms with E-state index in [0.29, 0.717) is 21.1 Å². The van der Waals surface area contributed by atoms with Crippen molar-refractivity contribution < 1.29 is 8.78 Å². The topological polar surface area (TPSA) is 80.5 Å². The Labute approximate surface area is 110 Å². The minimum atomic E-state index is -0.909. The quantitative estimate of drug-likeness (QED) is 0.704. The van der Waals surface area contributed by atoms with E-state index in [1.807, 2.05) is 0 Å². The number of nitrogen functional groups attached to an aromatic ring is 1. The molecule has 2 heterocycles. The van der Waals surface area contributed by atoms with Crippen LogP contribution in [0.15, 0.2) is 34.4 Å². The maximum Gasteiger partial charge on any atom is 0.223 e. The van der Waals surface area contributed by atoms with Crippen LogP contribution in [-0.2, 0) is 0 Å². The van der Waals surface area contributed by atoms with Crippen molar-refractivity contribution in [2.75, 3.05) is 5.73 Å². The number of nitrogens with one attached hydrogen (secondary N) is 1. The summed E-state index contributed by atoms with van der Waals surface area (Å²) in [5.74, 6) is -1.73. The van der Waals surface area contributed by atoms with Gasteiger partial charge in [0.2, 0.25) is 5.95 Å². The van der Waals surface area contributed by atoms with Gasteiger partial charge in [-0.1, -0.05) is 11.8 Å². The van der Waals surface area contributed by atoms with E-state index in [2.05, 4.69) is 19.9 Å². The fourth-order valence-corrected chi connectivity index (χ4v) is 2.46. The van der Waals surface area contributed by atoms with Gasteiger partial charge in [-0.3, -0.25) is 0 Å². The predicted molar refractivity (Wildman–Crippen MR) is 66.6 cm³/mol. The zero-order valence-corrected chi connectivity index (χ0v) is 10.2. The molecule has 0 aliphatic carbocycles. The molecule has 0 amide bonds. The molecule has 3 N–H and O–H groups in total. The number of fused-ring (bicyclic) bond motifs is 1. The van der Waals surface area contributed by atoms with Gasteiger partial charge >= 0.3 is 0 Å². The summed E-state index contributed by atoms with van der Waals surface area (Å²) in [4.78, 5) is 15.4. The van der Waals surface area contributed by atoms with E-state index in [1.54, 1.807) is 0 Å². The molecule has 3 rings (SSSR count). The first-order chi connectivity index (χ1) is 9.13. The first kappa shape index (κ1) is 11.8. The molecule has 0 aliphatic rings. The molecule has 0 fully saturated rings. The van der Waals surface area contributed by atoms with E-state index in [1.165, 1.54) is 12.4 Å². The number of anilines is 1. The fourth-order valence-electron chi connectivity index (χ4n) is 1.55. The number of aromatic amines is 1. The van der Waals surface area contributed by atoms with Gasteiger partial charge in [-0.25, -0.2) is 18.7 Å². The van der Waals surface area contributed by atoms with E-state index in [4.69, 9.17) is 5.73 Å². The van der Waals surface area contributed by atoms with Crippen molar-refractivity contribution in [1.29, 1.82) is 0 Å². The summed E-state index contributed by atoms with van der Waals surface area (Å²) in [6, 6.07) is 3.62. The lowest BCUT2D eigenvalue weighted by Crippen LogP contribution is -1.97. The molecule has 19 heavy (non-hydrogen) atoms. The van der Waals surface area contributed by atoms with Gasteiger partial charge in [0.1, 0.15) is 10.5 Å². The minimum Gasteiger partial charge on any atom is -0.368 e. The molecule has 0 radical (unpaired) electrons. The first-order valence-electron chi connectivity index (χ1n) is 5.23. The van der Waals surface area contributed by atoms with Gasteiger partial charge in [0.05, 0.1) is 6.33 Å². The number of H-pyrrole nitrogens is 1. The number of rotatable bonds is 2. The second-order valence-corrected chi connectivity index (χ2v) is 4.73. The van der Waals surface area contributed by atoms with E-state index < -0.39 is 11.6 Å². The van der Waals surface area contributed by atoms with Crippen LogP contribution in [0.3, 0.4) is 0 Å². The Hall–Kier alpha value is -2.22. The molecule has 0 bridgehead atoms. The van der Waals surface area contributed by atoms with E-state index >= 15 is 0 Å². The normalized spacial score (nSPS) is 11.1. The van der Waals surface area contributed by atoms with Crippen molar-refractivity contribution in [1.82, 2.24) is 19.9 Å². The molecule has 3 aromatic rings. The molecule has 0 aliphatic heterocycles. The predicted octanol–water partition coefficient (Wildman–Crippen LogP) is 2.36. The summed E-state index contributed by atoms with van der Waals surface area (Å²) in [6.45, 7) is 0.